The average molecular weight is 269 g/mol. The van der Waals surface area contributed by atoms with Crippen molar-refractivity contribution in [2.24, 2.45) is 0 Å². The van der Waals surface area contributed by atoms with E-state index in [0.717, 1.165) is 4.90 Å². The third kappa shape index (κ3) is 4.05. The Morgan fingerprint density at radius 1 is 1.56 bits per heavy atom. The molecular weight excluding hydrogens is 259 g/mol. The van der Waals surface area contributed by atoms with E-state index in [2.05, 4.69) is 12.6 Å². The Balaban J connectivity index is 2.55. The first-order chi connectivity index (χ1) is 7.29. The topological polar surface area (TPSA) is 20.3 Å². The summed E-state index contributed by atoms with van der Waals surface area (Å²) in [7, 11) is 1.35. The summed E-state index contributed by atoms with van der Waals surface area (Å²) >= 11 is 5.20. The van der Waals surface area contributed by atoms with Crippen LogP contribution >= 0.6 is 24.0 Å². The van der Waals surface area contributed by atoms with Crippen LogP contribution in [0.1, 0.15) is 16.1 Å². The molecule has 0 aliphatic heterocycles. The second kappa shape index (κ2) is 5.09. The van der Waals surface area contributed by atoms with Crippen LogP contribution in [0, 0.1) is 0 Å². The number of alkyl halides is 3. The fourth-order valence-electron chi connectivity index (χ4n) is 1.02. The molecule has 0 bridgehead atoms. The van der Waals surface area contributed by atoms with Crippen LogP contribution in [0.4, 0.5) is 13.2 Å². The second-order valence-corrected chi connectivity index (χ2v) is 4.69. The summed E-state index contributed by atoms with van der Waals surface area (Å²) in [4.78, 5) is 13.7. The fraction of sp³-hybridized carbons (Fsp3) is 0.444. The normalized spacial score (nSPS) is 11.6. The highest BCUT2D eigenvalue weighted by Crippen LogP contribution is 2.22. The number of hydrogen-bond acceptors (Lipinski definition) is 3. The molecule has 0 N–H and O–H groups in total. The predicted octanol–water partition coefficient (Wildman–Crippen LogP) is 3.06. The van der Waals surface area contributed by atoms with Gasteiger partial charge < -0.3 is 4.90 Å². The minimum Gasteiger partial charge on any atom is -0.341 e. The third-order valence-electron chi connectivity index (χ3n) is 1.87. The Morgan fingerprint density at radius 2 is 2.19 bits per heavy atom. The van der Waals surface area contributed by atoms with E-state index < -0.39 is 18.5 Å². The minimum atomic E-state index is -4.24. The summed E-state index contributed by atoms with van der Waals surface area (Å²) < 4.78 is 35.8. The first-order valence-corrected chi connectivity index (χ1v) is 5.72. The lowest BCUT2D eigenvalue weighted by molar-refractivity contribution is -0.136. The Labute approximate surface area is 100 Å². The lowest BCUT2D eigenvalue weighted by atomic mass is 10.3. The van der Waals surface area contributed by atoms with Crippen LogP contribution in [0.3, 0.4) is 0 Å². The molecule has 1 rings (SSSR count). The molecule has 0 atom stereocenters. The van der Waals surface area contributed by atoms with Crippen LogP contribution in [0.5, 0.6) is 0 Å². The zero-order valence-corrected chi connectivity index (χ0v) is 10.1. The highest BCUT2D eigenvalue weighted by Gasteiger charge is 2.28. The van der Waals surface area contributed by atoms with Crippen molar-refractivity contribution in [2.75, 3.05) is 13.6 Å². The van der Waals surface area contributed by atoms with Gasteiger partial charge in [0.2, 0.25) is 0 Å². The first-order valence-electron chi connectivity index (χ1n) is 4.39. The molecule has 0 spiro atoms. The van der Waals surface area contributed by atoms with Crippen LogP contribution in [0.25, 0.3) is 0 Å². The van der Waals surface area contributed by atoms with E-state index in [4.69, 9.17) is 0 Å². The molecule has 0 radical (unpaired) electrons. The van der Waals surface area contributed by atoms with E-state index in [0.29, 0.717) is 9.77 Å². The molecule has 0 aliphatic carbocycles. The fourth-order valence-corrected chi connectivity index (χ4v) is 2.16. The smallest absolute Gasteiger partial charge is 0.341 e. The van der Waals surface area contributed by atoms with Crippen molar-refractivity contribution < 1.29 is 18.0 Å². The Morgan fingerprint density at radius 3 is 2.62 bits per heavy atom. The molecule has 0 aromatic carbocycles. The van der Waals surface area contributed by atoms with Crippen molar-refractivity contribution >= 4 is 29.9 Å². The largest absolute Gasteiger partial charge is 0.390 e. The highest BCUT2D eigenvalue weighted by atomic mass is 32.1. The molecule has 0 unspecified atom stereocenters. The number of carbonyl (C=O) groups excluding carboxylic acids is 1. The van der Waals surface area contributed by atoms with Crippen molar-refractivity contribution in [3.05, 3.63) is 16.3 Å². The zero-order chi connectivity index (χ0) is 12.3. The summed E-state index contributed by atoms with van der Waals surface area (Å²) in [5.41, 5.74) is 0. The van der Waals surface area contributed by atoms with Crippen LogP contribution in [0.15, 0.2) is 16.3 Å². The van der Waals surface area contributed by atoms with Crippen LogP contribution in [0.2, 0.25) is 0 Å². The van der Waals surface area contributed by atoms with Crippen LogP contribution in [-0.4, -0.2) is 30.6 Å². The summed E-state index contributed by atoms with van der Waals surface area (Å²) in [6.07, 6.45) is -5.23. The highest BCUT2D eigenvalue weighted by molar-refractivity contribution is 7.80. The van der Waals surface area contributed by atoms with Gasteiger partial charge in [0, 0.05) is 23.9 Å². The number of halogens is 3. The first kappa shape index (κ1) is 13.4. The summed E-state index contributed by atoms with van der Waals surface area (Å²) in [6, 6.07) is 1.54. The van der Waals surface area contributed by atoms with Gasteiger partial charge in [0.05, 0.1) is 11.3 Å². The maximum Gasteiger partial charge on any atom is 0.390 e. The maximum atomic E-state index is 11.9. The molecule has 2 nitrogen and oxygen atoms in total. The van der Waals surface area contributed by atoms with E-state index in [-0.39, 0.29) is 6.54 Å². The molecule has 7 heteroatoms. The standard InChI is InChI=1S/C9H10F3NOS2/c1-13(3-2-9(10,11)12)8(14)7-4-6(15)5-16-7/h4-5,15H,2-3H2,1H3. The van der Waals surface area contributed by atoms with Gasteiger partial charge in [0.1, 0.15) is 0 Å². The third-order valence-corrected chi connectivity index (χ3v) is 3.22. The van der Waals surface area contributed by atoms with E-state index in [9.17, 15) is 18.0 Å². The summed E-state index contributed by atoms with van der Waals surface area (Å²) in [6.45, 7) is -0.331. The molecule has 0 saturated carbocycles. The van der Waals surface area contributed by atoms with Crippen molar-refractivity contribution in [1.82, 2.24) is 4.90 Å². The van der Waals surface area contributed by atoms with Gasteiger partial charge in [-0.2, -0.15) is 13.2 Å². The minimum absolute atomic E-state index is 0.331. The Hall–Kier alpha value is -0.690. The van der Waals surface area contributed by atoms with Crippen molar-refractivity contribution in [3.8, 4) is 0 Å². The number of rotatable bonds is 3. The maximum absolute atomic E-state index is 11.9. The molecule has 16 heavy (non-hydrogen) atoms. The number of hydrogen-bond donors (Lipinski definition) is 1. The predicted molar refractivity (Wildman–Crippen MR) is 59.2 cm³/mol. The molecule has 0 fully saturated rings. The zero-order valence-electron chi connectivity index (χ0n) is 8.41. The van der Waals surface area contributed by atoms with Gasteiger partial charge in [0.15, 0.2) is 0 Å². The Kier molecular flexibility index (Phi) is 4.26. The number of thiol groups is 1. The SMILES string of the molecule is CN(CCC(F)(F)F)C(=O)c1cc(S)cs1. The monoisotopic (exact) mass is 269 g/mol. The van der Waals surface area contributed by atoms with Gasteiger partial charge in [-0.3, -0.25) is 4.79 Å². The van der Waals surface area contributed by atoms with E-state index >= 15 is 0 Å². The number of thiophene rings is 1. The lowest BCUT2D eigenvalue weighted by Crippen LogP contribution is -2.30. The van der Waals surface area contributed by atoms with Gasteiger partial charge in [0.25, 0.3) is 5.91 Å². The van der Waals surface area contributed by atoms with Crippen molar-refractivity contribution in [2.45, 2.75) is 17.5 Å². The van der Waals surface area contributed by atoms with E-state index in [1.165, 1.54) is 18.4 Å². The number of amides is 1. The Bertz CT molecular complexity index is 375. The van der Waals surface area contributed by atoms with E-state index in [1.54, 1.807) is 11.4 Å². The molecule has 0 aliphatic rings. The average Bonchev–Trinajstić information content (AvgIpc) is 2.59. The molecule has 90 valence electrons. The summed E-state index contributed by atoms with van der Waals surface area (Å²) in [5.74, 6) is -0.408. The molecule has 1 aromatic rings. The van der Waals surface area contributed by atoms with Crippen LogP contribution in [-0.2, 0) is 0 Å². The summed E-state index contributed by atoms with van der Waals surface area (Å²) in [5, 5.41) is 1.66. The number of nitrogens with zero attached hydrogens (tertiary/aromatic N) is 1. The van der Waals surface area contributed by atoms with Crippen LogP contribution < -0.4 is 0 Å². The molecule has 1 aromatic heterocycles. The van der Waals surface area contributed by atoms with Gasteiger partial charge in [-0.05, 0) is 6.07 Å². The van der Waals surface area contributed by atoms with Crippen molar-refractivity contribution in [3.63, 3.8) is 0 Å². The van der Waals surface area contributed by atoms with Gasteiger partial charge in [-0.15, -0.1) is 24.0 Å². The van der Waals surface area contributed by atoms with E-state index in [1.807, 2.05) is 0 Å². The lowest BCUT2D eigenvalue weighted by Gasteiger charge is -2.17. The molecule has 0 saturated heterocycles. The molecule has 1 amide bonds. The van der Waals surface area contributed by atoms with Gasteiger partial charge >= 0.3 is 6.18 Å². The van der Waals surface area contributed by atoms with Gasteiger partial charge in [-0.25, -0.2) is 0 Å². The van der Waals surface area contributed by atoms with Crippen molar-refractivity contribution in [1.29, 1.82) is 0 Å². The molecular formula is C9H10F3NOS2. The molecule has 1 heterocycles. The number of carbonyl (C=O) groups is 1. The second-order valence-electron chi connectivity index (χ2n) is 3.26. The quantitative estimate of drug-likeness (QED) is 0.836. The van der Waals surface area contributed by atoms with Gasteiger partial charge in [-0.1, -0.05) is 0 Å².